The Balaban J connectivity index is 2.16. The van der Waals surface area contributed by atoms with E-state index >= 15 is 0 Å². The summed E-state index contributed by atoms with van der Waals surface area (Å²) in [4.78, 5) is 14.3. The number of carbonyl (C=O) groups excluding carboxylic acids is 1. The highest BCUT2D eigenvalue weighted by atomic mass is 16.5. The van der Waals surface area contributed by atoms with Gasteiger partial charge in [0.25, 0.3) is 0 Å². The van der Waals surface area contributed by atoms with Crippen LogP contribution < -0.4 is 10.2 Å². The van der Waals surface area contributed by atoms with Crippen molar-refractivity contribution < 1.29 is 9.53 Å². The largest absolute Gasteiger partial charge is 0.384 e. The van der Waals surface area contributed by atoms with Crippen LogP contribution in [0.5, 0.6) is 0 Å². The van der Waals surface area contributed by atoms with Crippen LogP contribution in [0.2, 0.25) is 0 Å². The number of amides is 1. The van der Waals surface area contributed by atoms with E-state index in [1.807, 2.05) is 30.0 Å². The molecule has 1 amide bonds. The first kappa shape index (κ1) is 14.0. The molecule has 0 aliphatic carbocycles. The lowest BCUT2D eigenvalue weighted by molar-refractivity contribution is -0.118. The molecule has 0 bridgehead atoms. The minimum Gasteiger partial charge on any atom is -0.384 e. The van der Waals surface area contributed by atoms with E-state index in [2.05, 4.69) is 11.4 Å². The molecule has 1 atom stereocenters. The summed E-state index contributed by atoms with van der Waals surface area (Å²) >= 11 is 0. The molecule has 1 aliphatic rings. The van der Waals surface area contributed by atoms with Crippen molar-refractivity contribution in [2.24, 2.45) is 0 Å². The highest BCUT2D eigenvalue weighted by Crippen LogP contribution is 2.26. The Kier molecular flexibility index (Phi) is 4.93. The lowest BCUT2D eigenvalue weighted by Gasteiger charge is -2.20. The van der Waals surface area contributed by atoms with E-state index in [-0.39, 0.29) is 11.9 Å². The molecule has 0 aromatic heterocycles. The minimum atomic E-state index is -0.0273. The molecule has 4 nitrogen and oxygen atoms in total. The van der Waals surface area contributed by atoms with Crippen molar-refractivity contribution in [2.45, 2.75) is 25.8 Å². The molecule has 1 aliphatic heterocycles. The van der Waals surface area contributed by atoms with Crippen molar-refractivity contribution in [1.82, 2.24) is 5.32 Å². The predicted molar refractivity (Wildman–Crippen MR) is 76.5 cm³/mol. The van der Waals surface area contributed by atoms with Crippen molar-refractivity contribution in [1.29, 1.82) is 0 Å². The number of hydrogen-bond donors (Lipinski definition) is 1. The SMILES string of the molecule is CCNC1CCN(c2ccccc2CCOC)C1=O. The molecule has 1 N–H and O–H groups in total. The lowest BCUT2D eigenvalue weighted by atomic mass is 10.1. The number of ether oxygens (including phenoxy) is 1. The molecule has 1 unspecified atom stereocenters. The van der Waals surface area contributed by atoms with Gasteiger partial charge in [0.15, 0.2) is 0 Å². The summed E-state index contributed by atoms with van der Waals surface area (Å²) in [6, 6.07) is 8.07. The summed E-state index contributed by atoms with van der Waals surface area (Å²) in [5.74, 6) is 0.187. The highest BCUT2D eigenvalue weighted by molar-refractivity contribution is 6.00. The second-order valence-corrected chi connectivity index (χ2v) is 4.76. The maximum atomic E-state index is 12.4. The van der Waals surface area contributed by atoms with Crippen LogP contribution in [0.15, 0.2) is 24.3 Å². The number of benzene rings is 1. The van der Waals surface area contributed by atoms with E-state index in [1.165, 1.54) is 5.56 Å². The standard InChI is InChI=1S/C15H22N2O2/c1-3-16-13-8-10-17(15(13)18)14-7-5-4-6-12(14)9-11-19-2/h4-7,13,16H,3,8-11H2,1-2H3. The van der Waals surface area contributed by atoms with E-state index in [0.29, 0.717) is 6.61 Å². The Labute approximate surface area is 114 Å². The Morgan fingerprint density at radius 3 is 2.95 bits per heavy atom. The van der Waals surface area contributed by atoms with Crippen LogP contribution in [0.3, 0.4) is 0 Å². The summed E-state index contributed by atoms with van der Waals surface area (Å²) in [5, 5.41) is 3.24. The second-order valence-electron chi connectivity index (χ2n) is 4.76. The van der Waals surface area contributed by atoms with Crippen LogP contribution >= 0.6 is 0 Å². The van der Waals surface area contributed by atoms with Crippen molar-refractivity contribution in [2.75, 3.05) is 31.7 Å². The molecule has 1 heterocycles. The third-order valence-electron chi connectivity index (χ3n) is 3.51. The average Bonchev–Trinajstić information content (AvgIpc) is 2.79. The topological polar surface area (TPSA) is 41.6 Å². The van der Waals surface area contributed by atoms with E-state index in [0.717, 1.165) is 31.6 Å². The molecular formula is C15H22N2O2. The number of carbonyl (C=O) groups is 1. The molecule has 0 spiro atoms. The smallest absolute Gasteiger partial charge is 0.244 e. The average molecular weight is 262 g/mol. The summed E-state index contributed by atoms with van der Waals surface area (Å²) in [7, 11) is 1.70. The van der Waals surface area contributed by atoms with Gasteiger partial charge in [0.1, 0.15) is 0 Å². The number of methoxy groups -OCH3 is 1. The van der Waals surface area contributed by atoms with Crippen LogP contribution in [-0.4, -0.2) is 38.8 Å². The predicted octanol–water partition coefficient (Wildman–Crippen LogP) is 1.59. The molecule has 1 aromatic rings. The Bertz CT molecular complexity index is 434. The van der Waals surface area contributed by atoms with Crippen molar-refractivity contribution >= 4 is 11.6 Å². The third-order valence-corrected chi connectivity index (χ3v) is 3.51. The molecule has 2 rings (SSSR count). The summed E-state index contributed by atoms with van der Waals surface area (Å²) in [6.45, 7) is 4.33. The number of hydrogen-bond acceptors (Lipinski definition) is 3. The molecule has 1 fully saturated rings. The van der Waals surface area contributed by atoms with Crippen molar-refractivity contribution in [3.8, 4) is 0 Å². The Morgan fingerprint density at radius 2 is 2.21 bits per heavy atom. The number of para-hydroxylation sites is 1. The molecule has 104 valence electrons. The van der Waals surface area contributed by atoms with Crippen molar-refractivity contribution in [3.63, 3.8) is 0 Å². The highest BCUT2D eigenvalue weighted by Gasteiger charge is 2.32. The zero-order valence-corrected chi connectivity index (χ0v) is 11.7. The van der Waals surface area contributed by atoms with E-state index in [4.69, 9.17) is 4.74 Å². The quantitative estimate of drug-likeness (QED) is 0.846. The molecule has 4 heteroatoms. The van der Waals surface area contributed by atoms with Crippen LogP contribution in [-0.2, 0) is 16.0 Å². The molecule has 0 saturated carbocycles. The van der Waals surface area contributed by atoms with Crippen LogP contribution in [0.4, 0.5) is 5.69 Å². The number of nitrogens with zero attached hydrogens (tertiary/aromatic N) is 1. The van der Waals surface area contributed by atoms with Gasteiger partial charge in [-0.05, 0) is 31.0 Å². The fourth-order valence-electron chi connectivity index (χ4n) is 2.55. The van der Waals surface area contributed by atoms with Gasteiger partial charge < -0.3 is 15.0 Å². The molecular weight excluding hydrogens is 240 g/mol. The second kappa shape index (κ2) is 6.68. The Morgan fingerprint density at radius 1 is 1.42 bits per heavy atom. The fourth-order valence-corrected chi connectivity index (χ4v) is 2.55. The van der Waals surface area contributed by atoms with Gasteiger partial charge in [0, 0.05) is 19.3 Å². The van der Waals surface area contributed by atoms with Gasteiger partial charge in [-0.1, -0.05) is 25.1 Å². The van der Waals surface area contributed by atoms with Gasteiger partial charge in [-0.3, -0.25) is 4.79 Å². The number of rotatable bonds is 6. The molecule has 0 radical (unpaired) electrons. The van der Waals surface area contributed by atoms with Gasteiger partial charge in [-0.25, -0.2) is 0 Å². The third kappa shape index (κ3) is 3.14. The minimum absolute atomic E-state index is 0.0273. The maximum Gasteiger partial charge on any atom is 0.244 e. The maximum absolute atomic E-state index is 12.4. The van der Waals surface area contributed by atoms with Crippen LogP contribution in [0, 0.1) is 0 Å². The fraction of sp³-hybridized carbons (Fsp3) is 0.533. The first-order valence-corrected chi connectivity index (χ1v) is 6.89. The van der Waals surface area contributed by atoms with Crippen LogP contribution in [0.25, 0.3) is 0 Å². The first-order chi connectivity index (χ1) is 9.27. The first-order valence-electron chi connectivity index (χ1n) is 6.89. The monoisotopic (exact) mass is 262 g/mol. The lowest BCUT2D eigenvalue weighted by Crippen LogP contribution is -2.38. The normalized spacial score (nSPS) is 19.2. The summed E-state index contributed by atoms with van der Waals surface area (Å²) in [5.41, 5.74) is 2.21. The van der Waals surface area contributed by atoms with Crippen LogP contribution in [0.1, 0.15) is 18.9 Å². The molecule has 1 saturated heterocycles. The van der Waals surface area contributed by atoms with Gasteiger partial charge in [-0.2, -0.15) is 0 Å². The van der Waals surface area contributed by atoms with E-state index in [9.17, 15) is 4.79 Å². The van der Waals surface area contributed by atoms with Gasteiger partial charge in [0.2, 0.25) is 5.91 Å². The van der Waals surface area contributed by atoms with Gasteiger partial charge >= 0.3 is 0 Å². The number of anilines is 1. The van der Waals surface area contributed by atoms with E-state index in [1.54, 1.807) is 7.11 Å². The summed E-state index contributed by atoms with van der Waals surface area (Å²) in [6.07, 6.45) is 1.72. The van der Waals surface area contributed by atoms with E-state index < -0.39 is 0 Å². The molecule has 1 aromatic carbocycles. The zero-order valence-electron chi connectivity index (χ0n) is 11.7. The number of nitrogens with one attached hydrogen (secondary N) is 1. The number of likely N-dealkylation sites (N-methyl/N-ethyl adjacent to an activating group) is 1. The summed E-state index contributed by atoms with van der Waals surface area (Å²) < 4.78 is 5.13. The zero-order chi connectivity index (χ0) is 13.7. The Hall–Kier alpha value is -1.39. The van der Waals surface area contributed by atoms with Gasteiger partial charge in [-0.15, -0.1) is 0 Å². The molecule has 19 heavy (non-hydrogen) atoms. The van der Waals surface area contributed by atoms with Crippen molar-refractivity contribution in [3.05, 3.63) is 29.8 Å². The van der Waals surface area contributed by atoms with Gasteiger partial charge in [0.05, 0.1) is 12.6 Å².